The first-order valence-electron chi connectivity index (χ1n) is 8.98. The summed E-state index contributed by atoms with van der Waals surface area (Å²) in [4.78, 5) is 19.0. The predicted molar refractivity (Wildman–Crippen MR) is 106 cm³/mol. The van der Waals surface area contributed by atoms with Gasteiger partial charge in [-0.15, -0.1) is 10.2 Å². The lowest BCUT2D eigenvalue weighted by molar-refractivity contribution is -0.117. The number of nitrogens with one attached hydrogen (secondary N) is 1. The van der Waals surface area contributed by atoms with Crippen LogP contribution in [0.25, 0.3) is 22.1 Å². The third-order valence-electron chi connectivity index (χ3n) is 4.80. The number of hydrogen-bond acceptors (Lipinski definition) is 7. The van der Waals surface area contributed by atoms with Gasteiger partial charge < -0.3 is 10.7 Å². The molecule has 1 aliphatic heterocycles. The molecule has 1 aromatic carbocycles. The summed E-state index contributed by atoms with van der Waals surface area (Å²) in [5, 5.41) is 8.73. The monoisotopic (exact) mass is 420 g/mol. The summed E-state index contributed by atoms with van der Waals surface area (Å²) in [7, 11) is -3.54. The molecule has 4 rings (SSSR count). The van der Waals surface area contributed by atoms with E-state index in [0.29, 0.717) is 34.8 Å². The maximum absolute atomic E-state index is 12.9. The molecule has 1 aliphatic rings. The fourth-order valence-electron chi connectivity index (χ4n) is 3.22. The molecule has 3 aromatic rings. The first-order chi connectivity index (χ1) is 13.4. The number of H-pyrrole nitrogens is 1. The average Bonchev–Trinajstić information content (AvgIpc) is 3.05. The van der Waals surface area contributed by atoms with Crippen molar-refractivity contribution in [1.82, 2.24) is 24.5 Å². The molecule has 3 heterocycles. The van der Waals surface area contributed by atoms with Crippen molar-refractivity contribution < 1.29 is 13.2 Å². The molecule has 9 nitrogen and oxygen atoms in total. The van der Waals surface area contributed by atoms with E-state index < -0.39 is 21.2 Å². The molecule has 0 radical (unpaired) electrons. The van der Waals surface area contributed by atoms with Crippen LogP contribution < -0.4 is 5.73 Å². The summed E-state index contributed by atoms with van der Waals surface area (Å²) in [6, 6.07) is 4.93. The molecule has 1 amide bonds. The molecule has 1 saturated heterocycles. The van der Waals surface area contributed by atoms with Crippen LogP contribution >= 0.6 is 11.8 Å². The van der Waals surface area contributed by atoms with E-state index in [9.17, 15) is 13.2 Å². The minimum atomic E-state index is -3.54. The largest absolute Gasteiger partial charge is 0.369 e. The van der Waals surface area contributed by atoms with Gasteiger partial charge in [0.1, 0.15) is 5.52 Å². The molecule has 28 heavy (non-hydrogen) atoms. The van der Waals surface area contributed by atoms with Gasteiger partial charge in [0.2, 0.25) is 21.1 Å². The van der Waals surface area contributed by atoms with Crippen LogP contribution in [0.1, 0.15) is 26.2 Å². The lowest BCUT2D eigenvalue weighted by atomic mass is 10.2. The highest BCUT2D eigenvalue weighted by atomic mass is 32.2. The molecule has 1 fully saturated rings. The Morgan fingerprint density at radius 1 is 1.25 bits per heavy atom. The first-order valence-corrected chi connectivity index (χ1v) is 11.3. The number of aromatic nitrogens is 4. The number of amides is 1. The maximum Gasteiger partial charge on any atom is 0.243 e. The molecule has 148 valence electrons. The van der Waals surface area contributed by atoms with Crippen molar-refractivity contribution in [3.05, 3.63) is 18.2 Å². The minimum absolute atomic E-state index is 0.241. The lowest BCUT2D eigenvalue weighted by Crippen LogP contribution is -2.35. The van der Waals surface area contributed by atoms with E-state index in [0.717, 1.165) is 36.5 Å². The van der Waals surface area contributed by atoms with Crippen molar-refractivity contribution in [3.63, 3.8) is 0 Å². The molecule has 0 aliphatic carbocycles. The summed E-state index contributed by atoms with van der Waals surface area (Å²) in [6.45, 7) is 2.77. The number of nitrogens with zero attached hydrogens (tertiary/aromatic N) is 4. The number of carbonyl (C=O) groups excluding carboxylic acids is 1. The maximum atomic E-state index is 12.9. The molecule has 1 atom stereocenters. The number of aromatic amines is 1. The first kappa shape index (κ1) is 19.1. The second kappa shape index (κ2) is 7.30. The van der Waals surface area contributed by atoms with E-state index in [1.54, 1.807) is 25.1 Å². The number of benzene rings is 1. The zero-order valence-corrected chi connectivity index (χ0v) is 16.9. The Hall–Kier alpha value is -2.24. The van der Waals surface area contributed by atoms with E-state index in [1.807, 2.05) is 0 Å². The van der Waals surface area contributed by atoms with Crippen molar-refractivity contribution in [2.75, 3.05) is 13.1 Å². The summed E-state index contributed by atoms with van der Waals surface area (Å²) >= 11 is 1.12. The van der Waals surface area contributed by atoms with Crippen LogP contribution in [0.5, 0.6) is 0 Å². The molecule has 2 aromatic heterocycles. The van der Waals surface area contributed by atoms with Crippen LogP contribution in [-0.2, 0) is 14.8 Å². The quantitative estimate of drug-likeness (QED) is 0.599. The fourth-order valence-corrected chi connectivity index (χ4v) is 5.42. The fraction of sp³-hybridized carbons (Fsp3) is 0.412. The Morgan fingerprint density at radius 2 is 2.00 bits per heavy atom. The Labute approximate surface area is 166 Å². The molecular weight excluding hydrogens is 400 g/mol. The van der Waals surface area contributed by atoms with E-state index in [-0.39, 0.29) is 4.90 Å². The van der Waals surface area contributed by atoms with Crippen molar-refractivity contribution >= 4 is 49.8 Å². The normalized spacial score (nSPS) is 17.2. The van der Waals surface area contributed by atoms with E-state index in [4.69, 9.17) is 5.73 Å². The third-order valence-corrected chi connectivity index (χ3v) is 7.67. The summed E-state index contributed by atoms with van der Waals surface area (Å²) in [5.74, 6) is -0.460. The van der Waals surface area contributed by atoms with Gasteiger partial charge in [-0.25, -0.2) is 13.4 Å². The van der Waals surface area contributed by atoms with E-state index in [1.165, 1.54) is 4.31 Å². The third kappa shape index (κ3) is 3.45. The Bertz CT molecular complexity index is 1150. The van der Waals surface area contributed by atoms with Gasteiger partial charge in [0.25, 0.3) is 0 Å². The molecule has 11 heteroatoms. The van der Waals surface area contributed by atoms with Gasteiger partial charge in [-0.2, -0.15) is 4.31 Å². The summed E-state index contributed by atoms with van der Waals surface area (Å²) in [6.07, 6.45) is 2.83. The number of fused-ring (bicyclic) bond motifs is 3. The highest BCUT2D eigenvalue weighted by molar-refractivity contribution is 8.00. The van der Waals surface area contributed by atoms with Crippen LogP contribution in [0.15, 0.2) is 28.3 Å². The number of carbonyl (C=O) groups is 1. The van der Waals surface area contributed by atoms with Crippen LogP contribution in [0.2, 0.25) is 0 Å². The number of primary amides is 1. The topological polar surface area (TPSA) is 135 Å². The SMILES string of the molecule is CC(Sc1nnc2c(n1)[nH]c1ccc(S(=O)(=O)N3CCCCC3)cc12)C(N)=O. The van der Waals surface area contributed by atoms with Crippen molar-refractivity contribution in [2.24, 2.45) is 5.73 Å². The molecule has 0 saturated carbocycles. The number of thioether (sulfide) groups is 1. The van der Waals surface area contributed by atoms with Crippen molar-refractivity contribution in [1.29, 1.82) is 0 Å². The zero-order valence-electron chi connectivity index (χ0n) is 15.3. The van der Waals surface area contributed by atoms with E-state index in [2.05, 4.69) is 20.2 Å². The van der Waals surface area contributed by atoms with Gasteiger partial charge in [-0.05, 0) is 38.0 Å². The van der Waals surface area contributed by atoms with Gasteiger partial charge in [-0.1, -0.05) is 18.2 Å². The van der Waals surface area contributed by atoms with Gasteiger partial charge in [-0.3, -0.25) is 4.79 Å². The second-order valence-electron chi connectivity index (χ2n) is 6.75. The predicted octanol–water partition coefficient (Wildman–Crippen LogP) is 1.65. The minimum Gasteiger partial charge on any atom is -0.369 e. The highest BCUT2D eigenvalue weighted by Crippen LogP contribution is 2.29. The Balaban J connectivity index is 1.73. The molecule has 0 bridgehead atoms. The van der Waals surface area contributed by atoms with Gasteiger partial charge in [0.05, 0.1) is 10.1 Å². The highest BCUT2D eigenvalue weighted by Gasteiger charge is 2.26. The number of hydrogen-bond donors (Lipinski definition) is 2. The number of piperidine rings is 1. The Kier molecular flexibility index (Phi) is 4.98. The molecule has 0 spiro atoms. The van der Waals surface area contributed by atoms with Crippen LogP contribution in [0, 0.1) is 0 Å². The molecule has 1 unspecified atom stereocenters. The lowest BCUT2D eigenvalue weighted by Gasteiger charge is -2.25. The summed E-state index contributed by atoms with van der Waals surface area (Å²) in [5.41, 5.74) is 6.96. The van der Waals surface area contributed by atoms with Crippen LogP contribution in [0.3, 0.4) is 0 Å². The number of sulfonamides is 1. The van der Waals surface area contributed by atoms with Crippen molar-refractivity contribution in [2.45, 2.75) is 41.5 Å². The van der Waals surface area contributed by atoms with Gasteiger partial charge in [0, 0.05) is 24.0 Å². The molecular formula is C17H20N6O3S2. The molecule has 3 N–H and O–H groups in total. The zero-order chi connectivity index (χ0) is 19.9. The summed E-state index contributed by atoms with van der Waals surface area (Å²) < 4.78 is 27.4. The second-order valence-corrected chi connectivity index (χ2v) is 10.00. The number of rotatable bonds is 5. The van der Waals surface area contributed by atoms with Crippen molar-refractivity contribution in [3.8, 4) is 0 Å². The van der Waals surface area contributed by atoms with Gasteiger partial charge in [0.15, 0.2) is 5.65 Å². The number of nitrogens with two attached hydrogens (primary N) is 1. The van der Waals surface area contributed by atoms with E-state index >= 15 is 0 Å². The average molecular weight is 421 g/mol. The standard InChI is InChI=1S/C17H20N6O3S2/c1-10(15(18)24)27-17-20-16-14(21-22-17)12-9-11(5-6-13(12)19-16)28(25,26)23-7-3-2-4-8-23/h5-6,9-10H,2-4,7-8H2,1H3,(H2,18,24)(H,19,20,22). The van der Waals surface area contributed by atoms with Gasteiger partial charge >= 0.3 is 0 Å². The van der Waals surface area contributed by atoms with Crippen LogP contribution in [-0.4, -0.2) is 57.1 Å². The van der Waals surface area contributed by atoms with Crippen LogP contribution in [0.4, 0.5) is 0 Å². The Morgan fingerprint density at radius 3 is 2.71 bits per heavy atom. The smallest absolute Gasteiger partial charge is 0.243 e.